The SMILES string of the molecule is CCCNC(Cc1cc(CC)nn1C)c1csnn1. The molecule has 2 aromatic heterocycles. The molecular weight excluding hydrogens is 258 g/mol. The highest BCUT2D eigenvalue weighted by Crippen LogP contribution is 2.18. The predicted molar refractivity (Wildman–Crippen MR) is 77.2 cm³/mol. The topological polar surface area (TPSA) is 55.6 Å². The van der Waals surface area contributed by atoms with Crippen LogP contribution in [0.15, 0.2) is 11.4 Å². The van der Waals surface area contributed by atoms with Crippen LogP contribution in [-0.4, -0.2) is 25.9 Å². The van der Waals surface area contributed by atoms with E-state index in [4.69, 9.17) is 0 Å². The zero-order valence-electron chi connectivity index (χ0n) is 11.8. The van der Waals surface area contributed by atoms with Crippen molar-refractivity contribution in [3.8, 4) is 0 Å². The Bertz CT molecular complexity index is 491. The standard InChI is InChI=1S/C13H21N5S/c1-4-6-14-12(13-9-19-17-15-13)8-11-7-10(5-2)16-18(11)3/h7,9,12,14H,4-6,8H2,1-3H3. The quantitative estimate of drug-likeness (QED) is 0.843. The first-order valence-electron chi connectivity index (χ1n) is 6.76. The van der Waals surface area contributed by atoms with Crippen molar-refractivity contribution < 1.29 is 0 Å². The van der Waals surface area contributed by atoms with Crippen molar-refractivity contribution in [3.63, 3.8) is 0 Å². The molecule has 19 heavy (non-hydrogen) atoms. The van der Waals surface area contributed by atoms with Crippen LogP contribution >= 0.6 is 11.5 Å². The second-order valence-corrected chi connectivity index (χ2v) is 5.25. The van der Waals surface area contributed by atoms with Crippen molar-refractivity contribution in [1.82, 2.24) is 24.7 Å². The lowest BCUT2D eigenvalue weighted by atomic mass is 10.1. The Kier molecular flexibility index (Phi) is 5.04. The van der Waals surface area contributed by atoms with Crippen LogP contribution in [0, 0.1) is 0 Å². The third-order valence-electron chi connectivity index (χ3n) is 3.18. The molecule has 0 aliphatic carbocycles. The Morgan fingerprint density at radius 2 is 2.26 bits per heavy atom. The maximum atomic E-state index is 4.50. The molecule has 2 aromatic rings. The highest BCUT2D eigenvalue weighted by Gasteiger charge is 2.16. The second-order valence-electron chi connectivity index (χ2n) is 4.64. The molecule has 0 spiro atoms. The second kappa shape index (κ2) is 6.77. The number of nitrogens with zero attached hydrogens (tertiary/aromatic N) is 4. The minimum absolute atomic E-state index is 0.221. The van der Waals surface area contributed by atoms with Crippen LogP contribution in [-0.2, 0) is 19.9 Å². The van der Waals surface area contributed by atoms with Crippen molar-refractivity contribution in [3.05, 3.63) is 28.5 Å². The average molecular weight is 279 g/mol. The number of hydrogen-bond acceptors (Lipinski definition) is 5. The first kappa shape index (κ1) is 14.1. The Morgan fingerprint density at radius 3 is 2.84 bits per heavy atom. The average Bonchev–Trinajstić information content (AvgIpc) is 3.04. The van der Waals surface area contributed by atoms with Gasteiger partial charge >= 0.3 is 0 Å². The highest BCUT2D eigenvalue weighted by atomic mass is 32.1. The molecule has 2 rings (SSSR count). The molecule has 0 aromatic carbocycles. The molecule has 5 nitrogen and oxygen atoms in total. The van der Waals surface area contributed by atoms with Gasteiger partial charge in [0.05, 0.1) is 17.4 Å². The summed E-state index contributed by atoms with van der Waals surface area (Å²) < 4.78 is 5.94. The maximum absolute atomic E-state index is 4.50. The largest absolute Gasteiger partial charge is 0.308 e. The van der Waals surface area contributed by atoms with E-state index in [0.29, 0.717) is 0 Å². The van der Waals surface area contributed by atoms with Crippen LogP contribution in [0.2, 0.25) is 0 Å². The van der Waals surface area contributed by atoms with Crippen LogP contribution < -0.4 is 5.32 Å². The fourth-order valence-corrected chi connectivity index (χ4v) is 2.58. The summed E-state index contributed by atoms with van der Waals surface area (Å²) in [6, 6.07) is 2.40. The van der Waals surface area contributed by atoms with E-state index in [0.717, 1.165) is 37.2 Å². The molecule has 0 bridgehead atoms. The van der Waals surface area contributed by atoms with Gasteiger partial charge < -0.3 is 5.32 Å². The van der Waals surface area contributed by atoms with Crippen LogP contribution in [0.25, 0.3) is 0 Å². The number of nitrogens with one attached hydrogen (secondary N) is 1. The van der Waals surface area contributed by atoms with Gasteiger partial charge in [0.1, 0.15) is 0 Å². The van der Waals surface area contributed by atoms with Crippen LogP contribution in [0.5, 0.6) is 0 Å². The lowest BCUT2D eigenvalue weighted by Crippen LogP contribution is -2.25. The molecule has 1 atom stereocenters. The van der Waals surface area contributed by atoms with Crippen LogP contribution in [0.1, 0.15) is 43.4 Å². The molecule has 104 valence electrons. The fraction of sp³-hybridized carbons (Fsp3) is 0.615. The van der Waals surface area contributed by atoms with Gasteiger partial charge in [-0.15, -0.1) is 5.10 Å². The molecule has 0 saturated heterocycles. The van der Waals surface area contributed by atoms with Gasteiger partial charge in [0.2, 0.25) is 0 Å². The summed E-state index contributed by atoms with van der Waals surface area (Å²) in [5.74, 6) is 0. The molecule has 0 aliphatic rings. The van der Waals surface area contributed by atoms with E-state index < -0.39 is 0 Å². The third-order valence-corrected chi connectivity index (χ3v) is 3.70. The van der Waals surface area contributed by atoms with Gasteiger partial charge in [-0.3, -0.25) is 4.68 Å². The summed E-state index contributed by atoms with van der Waals surface area (Å²) >= 11 is 1.40. The van der Waals surface area contributed by atoms with Gasteiger partial charge in [0.25, 0.3) is 0 Å². The zero-order chi connectivity index (χ0) is 13.7. The summed E-state index contributed by atoms with van der Waals surface area (Å²) in [5, 5.41) is 14.3. The minimum atomic E-state index is 0.221. The van der Waals surface area contributed by atoms with Gasteiger partial charge in [0.15, 0.2) is 0 Å². The monoisotopic (exact) mass is 279 g/mol. The predicted octanol–water partition coefficient (Wildman–Crippen LogP) is 2.12. The van der Waals surface area contributed by atoms with Crippen molar-refractivity contribution in [1.29, 1.82) is 0 Å². The molecule has 6 heteroatoms. The van der Waals surface area contributed by atoms with E-state index in [1.54, 1.807) is 0 Å². The van der Waals surface area contributed by atoms with E-state index in [9.17, 15) is 0 Å². The van der Waals surface area contributed by atoms with Crippen molar-refractivity contribution in [2.45, 2.75) is 39.2 Å². The number of aryl methyl sites for hydroxylation is 2. The van der Waals surface area contributed by atoms with E-state index in [1.165, 1.54) is 17.2 Å². The summed E-state index contributed by atoms with van der Waals surface area (Å²) in [5.41, 5.74) is 3.40. The van der Waals surface area contributed by atoms with E-state index in [-0.39, 0.29) is 6.04 Å². The van der Waals surface area contributed by atoms with Gasteiger partial charge in [0, 0.05) is 24.5 Å². The minimum Gasteiger partial charge on any atom is -0.308 e. The normalized spacial score (nSPS) is 12.8. The molecule has 2 heterocycles. The van der Waals surface area contributed by atoms with Gasteiger partial charge in [-0.1, -0.05) is 18.3 Å². The lowest BCUT2D eigenvalue weighted by molar-refractivity contribution is 0.501. The summed E-state index contributed by atoms with van der Waals surface area (Å²) in [4.78, 5) is 0. The van der Waals surface area contributed by atoms with Crippen LogP contribution in [0.3, 0.4) is 0 Å². The van der Waals surface area contributed by atoms with E-state index in [2.05, 4.69) is 39.9 Å². The Labute approximate surface area is 118 Å². The zero-order valence-corrected chi connectivity index (χ0v) is 12.6. The Balaban J connectivity index is 2.12. The summed E-state index contributed by atoms with van der Waals surface area (Å²) in [6.45, 7) is 5.28. The molecule has 1 N–H and O–H groups in total. The van der Waals surface area contributed by atoms with Crippen molar-refractivity contribution in [2.75, 3.05) is 6.54 Å². The molecule has 0 amide bonds. The van der Waals surface area contributed by atoms with E-state index >= 15 is 0 Å². The molecule has 0 fully saturated rings. The molecule has 1 unspecified atom stereocenters. The first-order valence-corrected chi connectivity index (χ1v) is 7.60. The summed E-state index contributed by atoms with van der Waals surface area (Å²) in [7, 11) is 2.00. The summed E-state index contributed by atoms with van der Waals surface area (Å²) in [6.07, 6.45) is 2.98. The molecular formula is C13H21N5S. The van der Waals surface area contributed by atoms with Crippen molar-refractivity contribution in [2.24, 2.45) is 7.05 Å². The molecule has 0 radical (unpaired) electrons. The van der Waals surface area contributed by atoms with E-state index in [1.807, 2.05) is 17.1 Å². The number of aromatic nitrogens is 4. The number of hydrogen-bond donors (Lipinski definition) is 1. The highest BCUT2D eigenvalue weighted by molar-refractivity contribution is 7.03. The number of rotatable bonds is 7. The lowest BCUT2D eigenvalue weighted by Gasteiger charge is -2.15. The van der Waals surface area contributed by atoms with Crippen molar-refractivity contribution >= 4 is 11.5 Å². The Hall–Kier alpha value is -1.27. The Morgan fingerprint density at radius 1 is 1.42 bits per heavy atom. The van der Waals surface area contributed by atoms with Gasteiger partial charge in [-0.2, -0.15) is 5.10 Å². The maximum Gasteiger partial charge on any atom is 0.0928 e. The molecule has 0 saturated carbocycles. The third kappa shape index (κ3) is 3.61. The van der Waals surface area contributed by atoms with Gasteiger partial charge in [-0.05, 0) is 37.0 Å². The van der Waals surface area contributed by atoms with Gasteiger partial charge in [-0.25, -0.2) is 0 Å². The first-order chi connectivity index (χ1) is 9.24. The smallest absolute Gasteiger partial charge is 0.0928 e. The van der Waals surface area contributed by atoms with Crippen LogP contribution in [0.4, 0.5) is 0 Å². The molecule has 0 aliphatic heterocycles. The fourth-order valence-electron chi connectivity index (χ4n) is 2.07.